The molecule has 4 rings (SSSR count). The second-order valence-electron chi connectivity index (χ2n) is 7.98. The van der Waals surface area contributed by atoms with Crippen LogP contribution in [0.15, 0.2) is 60.7 Å². The van der Waals surface area contributed by atoms with Gasteiger partial charge in [-0.2, -0.15) is 0 Å². The van der Waals surface area contributed by atoms with Crippen LogP contribution in [-0.2, 0) is 6.42 Å². The summed E-state index contributed by atoms with van der Waals surface area (Å²) in [6.45, 7) is 4.87. The number of hydrogen-bond acceptors (Lipinski definition) is 2. The van der Waals surface area contributed by atoms with Crippen molar-refractivity contribution in [3.05, 3.63) is 71.8 Å². The summed E-state index contributed by atoms with van der Waals surface area (Å²) in [6.07, 6.45) is 8.27. The fraction of sp³-hybridized carbons (Fsp3) is 0.500. The first-order chi connectivity index (χ1) is 12.9. The monoisotopic (exact) mass is 384 g/mol. The normalized spacial score (nSPS) is 20.7. The molecule has 1 aliphatic heterocycles. The number of benzene rings is 2. The van der Waals surface area contributed by atoms with Crippen molar-refractivity contribution in [2.24, 2.45) is 0 Å². The number of halogens is 1. The van der Waals surface area contributed by atoms with E-state index in [-0.39, 0.29) is 12.4 Å². The maximum absolute atomic E-state index is 2.78. The summed E-state index contributed by atoms with van der Waals surface area (Å²) in [5.41, 5.74) is 2.90. The minimum Gasteiger partial charge on any atom is -0.298 e. The molecule has 0 unspecified atom stereocenters. The van der Waals surface area contributed by atoms with Crippen LogP contribution in [0.4, 0.5) is 0 Å². The Morgan fingerprint density at radius 2 is 1.33 bits per heavy atom. The molecule has 146 valence electrons. The highest BCUT2D eigenvalue weighted by atomic mass is 35.5. The molecule has 0 bridgehead atoms. The Labute approximate surface area is 171 Å². The molecule has 0 amide bonds. The van der Waals surface area contributed by atoms with Gasteiger partial charge in [0.05, 0.1) is 0 Å². The Morgan fingerprint density at radius 1 is 0.741 bits per heavy atom. The minimum absolute atomic E-state index is 0. The van der Waals surface area contributed by atoms with Gasteiger partial charge in [-0.25, -0.2) is 0 Å². The molecule has 0 N–H and O–H groups in total. The van der Waals surface area contributed by atoms with E-state index in [1.165, 1.54) is 69.4 Å². The molecule has 0 spiro atoms. The molecular weight excluding hydrogens is 352 g/mol. The molecule has 1 atom stereocenters. The molecule has 0 aromatic heterocycles. The maximum Gasteiger partial charge on any atom is 0.0389 e. The first kappa shape index (κ1) is 20.4. The highest BCUT2D eigenvalue weighted by molar-refractivity contribution is 5.85. The topological polar surface area (TPSA) is 6.48 Å². The van der Waals surface area contributed by atoms with E-state index in [4.69, 9.17) is 0 Å². The largest absolute Gasteiger partial charge is 0.298 e. The highest BCUT2D eigenvalue weighted by Gasteiger charge is 2.29. The summed E-state index contributed by atoms with van der Waals surface area (Å²) in [5, 5.41) is 0. The highest BCUT2D eigenvalue weighted by Crippen LogP contribution is 2.29. The molecule has 2 fully saturated rings. The van der Waals surface area contributed by atoms with Crippen LogP contribution in [0.2, 0.25) is 0 Å². The van der Waals surface area contributed by atoms with E-state index in [0.717, 1.165) is 12.5 Å². The van der Waals surface area contributed by atoms with Gasteiger partial charge in [0, 0.05) is 38.3 Å². The zero-order valence-corrected chi connectivity index (χ0v) is 17.1. The van der Waals surface area contributed by atoms with E-state index >= 15 is 0 Å². The SMILES string of the molecule is Cl.c1ccc(C[C@@H](c2ccccc2)N2CCN(C3CCCCC3)CC2)cc1. The summed E-state index contributed by atoms with van der Waals surface area (Å²) < 4.78 is 0. The lowest BCUT2D eigenvalue weighted by Gasteiger charge is -2.43. The predicted molar refractivity (Wildman–Crippen MR) is 117 cm³/mol. The van der Waals surface area contributed by atoms with Crippen LogP contribution >= 0.6 is 12.4 Å². The van der Waals surface area contributed by atoms with Crippen molar-refractivity contribution in [2.75, 3.05) is 26.2 Å². The third kappa shape index (κ3) is 5.34. The molecule has 1 saturated carbocycles. The Morgan fingerprint density at radius 3 is 1.96 bits per heavy atom. The van der Waals surface area contributed by atoms with Crippen molar-refractivity contribution in [3.8, 4) is 0 Å². The molecular formula is C24H33ClN2. The zero-order chi connectivity index (χ0) is 17.6. The average molecular weight is 385 g/mol. The second-order valence-corrected chi connectivity index (χ2v) is 7.98. The lowest BCUT2D eigenvalue weighted by Crippen LogP contribution is -2.51. The van der Waals surface area contributed by atoms with Crippen LogP contribution in [-0.4, -0.2) is 42.0 Å². The molecule has 2 aromatic carbocycles. The van der Waals surface area contributed by atoms with E-state index in [1.807, 2.05) is 0 Å². The molecule has 1 heterocycles. The van der Waals surface area contributed by atoms with Gasteiger partial charge >= 0.3 is 0 Å². The Kier molecular flexibility index (Phi) is 7.75. The van der Waals surface area contributed by atoms with E-state index in [2.05, 4.69) is 70.5 Å². The molecule has 1 aliphatic carbocycles. The van der Waals surface area contributed by atoms with Crippen molar-refractivity contribution < 1.29 is 0 Å². The number of rotatable bonds is 5. The first-order valence-corrected chi connectivity index (χ1v) is 10.5. The second kappa shape index (κ2) is 10.3. The maximum atomic E-state index is 2.78. The number of hydrogen-bond donors (Lipinski definition) is 0. The molecule has 3 heteroatoms. The van der Waals surface area contributed by atoms with Gasteiger partial charge < -0.3 is 0 Å². The van der Waals surface area contributed by atoms with Gasteiger partial charge in [0.15, 0.2) is 0 Å². The van der Waals surface area contributed by atoms with E-state index < -0.39 is 0 Å². The molecule has 1 saturated heterocycles. The van der Waals surface area contributed by atoms with Gasteiger partial charge in [0.2, 0.25) is 0 Å². The average Bonchev–Trinajstić information content (AvgIpc) is 2.74. The number of nitrogens with zero attached hydrogens (tertiary/aromatic N) is 2. The fourth-order valence-electron chi connectivity index (χ4n) is 4.83. The lowest BCUT2D eigenvalue weighted by atomic mass is 9.93. The number of piperazine rings is 1. The predicted octanol–water partition coefficient (Wildman–Crippen LogP) is 5.34. The molecule has 2 nitrogen and oxygen atoms in total. The van der Waals surface area contributed by atoms with Gasteiger partial charge in [-0.05, 0) is 30.4 Å². The van der Waals surface area contributed by atoms with Gasteiger partial charge in [-0.3, -0.25) is 9.80 Å². The smallest absolute Gasteiger partial charge is 0.0389 e. The van der Waals surface area contributed by atoms with Crippen LogP contribution in [0.1, 0.15) is 49.3 Å². The van der Waals surface area contributed by atoms with Crippen molar-refractivity contribution in [1.82, 2.24) is 9.80 Å². The molecule has 2 aliphatic rings. The van der Waals surface area contributed by atoms with Crippen molar-refractivity contribution in [3.63, 3.8) is 0 Å². The minimum atomic E-state index is 0. The van der Waals surface area contributed by atoms with Crippen molar-refractivity contribution in [1.29, 1.82) is 0 Å². The lowest BCUT2D eigenvalue weighted by molar-refractivity contribution is 0.0559. The van der Waals surface area contributed by atoms with Crippen LogP contribution in [0.5, 0.6) is 0 Å². The van der Waals surface area contributed by atoms with Crippen LogP contribution in [0.25, 0.3) is 0 Å². The summed E-state index contributed by atoms with van der Waals surface area (Å²) in [5.74, 6) is 0. The van der Waals surface area contributed by atoms with Gasteiger partial charge in [0.1, 0.15) is 0 Å². The molecule has 27 heavy (non-hydrogen) atoms. The van der Waals surface area contributed by atoms with Gasteiger partial charge in [-0.1, -0.05) is 79.9 Å². The summed E-state index contributed by atoms with van der Waals surface area (Å²) in [6, 6.07) is 23.5. The third-order valence-electron chi connectivity index (χ3n) is 6.34. The first-order valence-electron chi connectivity index (χ1n) is 10.5. The summed E-state index contributed by atoms with van der Waals surface area (Å²) in [7, 11) is 0. The van der Waals surface area contributed by atoms with Crippen molar-refractivity contribution in [2.45, 2.75) is 50.6 Å². The Hall–Kier alpha value is -1.35. The van der Waals surface area contributed by atoms with Crippen LogP contribution < -0.4 is 0 Å². The van der Waals surface area contributed by atoms with Gasteiger partial charge in [0.25, 0.3) is 0 Å². The molecule has 0 radical (unpaired) electrons. The van der Waals surface area contributed by atoms with Gasteiger partial charge in [-0.15, -0.1) is 12.4 Å². The van der Waals surface area contributed by atoms with Crippen molar-refractivity contribution >= 4 is 12.4 Å². The third-order valence-corrected chi connectivity index (χ3v) is 6.34. The van der Waals surface area contributed by atoms with E-state index in [9.17, 15) is 0 Å². The van der Waals surface area contributed by atoms with E-state index in [1.54, 1.807) is 0 Å². The van der Waals surface area contributed by atoms with E-state index in [0.29, 0.717) is 6.04 Å². The summed E-state index contributed by atoms with van der Waals surface area (Å²) >= 11 is 0. The Balaban J connectivity index is 0.00000210. The van der Waals surface area contributed by atoms with Crippen LogP contribution in [0.3, 0.4) is 0 Å². The fourth-order valence-corrected chi connectivity index (χ4v) is 4.83. The quantitative estimate of drug-likeness (QED) is 0.686. The zero-order valence-electron chi connectivity index (χ0n) is 16.3. The van der Waals surface area contributed by atoms with Crippen LogP contribution in [0, 0.1) is 0 Å². The Bertz CT molecular complexity index is 647. The summed E-state index contributed by atoms with van der Waals surface area (Å²) in [4.78, 5) is 5.50. The standard InChI is InChI=1S/C24H32N2.ClH/c1-4-10-21(11-5-1)20-24(22-12-6-2-7-13-22)26-18-16-25(17-19-26)23-14-8-3-9-15-23;/h1-2,4-7,10-13,23-24H,3,8-9,14-20H2;1H/t24-;/m0./s1. The molecule has 2 aromatic rings.